The predicted octanol–water partition coefficient (Wildman–Crippen LogP) is 2.31. The van der Waals surface area contributed by atoms with E-state index in [4.69, 9.17) is 15.2 Å². The van der Waals surface area contributed by atoms with Crippen LogP contribution in [0.25, 0.3) is 5.65 Å². The second-order valence-corrected chi connectivity index (χ2v) is 9.57. The Hall–Kier alpha value is -3.83. The van der Waals surface area contributed by atoms with Gasteiger partial charge in [0.1, 0.15) is 18.4 Å². The molecule has 1 aromatic carbocycles. The van der Waals surface area contributed by atoms with Crippen LogP contribution in [-0.2, 0) is 32.3 Å². The van der Waals surface area contributed by atoms with E-state index in [1.807, 2.05) is 31.2 Å². The second kappa shape index (κ2) is 11.9. The molecule has 0 spiro atoms. The molecule has 2 amide bonds. The van der Waals surface area contributed by atoms with Crippen LogP contribution in [0.5, 0.6) is 0 Å². The summed E-state index contributed by atoms with van der Waals surface area (Å²) in [6.45, 7) is 6.91. The highest BCUT2D eigenvalue weighted by molar-refractivity contribution is 5.85. The van der Waals surface area contributed by atoms with Crippen LogP contribution in [0.1, 0.15) is 49.5 Å². The number of Topliss-reactive ketones (excluding diaryl/α,β-unsaturated/α-hetero) is 1. The molecule has 0 aliphatic rings. The van der Waals surface area contributed by atoms with Gasteiger partial charge in [0.05, 0.1) is 31.0 Å². The Bertz CT molecular complexity index is 1270. The molecular formula is C26H34N6O5. The third kappa shape index (κ3) is 7.34. The first-order valence-corrected chi connectivity index (χ1v) is 11.9. The zero-order valence-corrected chi connectivity index (χ0v) is 21.9. The number of nitrogens with one attached hydrogen (secondary N) is 1. The molecule has 2 heterocycles. The van der Waals surface area contributed by atoms with Gasteiger partial charge in [-0.25, -0.2) is 4.79 Å². The van der Waals surface area contributed by atoms with Crippen LogP contribution in [0, 0.1) is 6.92 Å². The molecule has 11 nitrogen and oxygen atoms in total. The summed E-state index contributed by atoms with van der Waals surface area (Å²) in [4.78, 5) is 37.6. The number of rotatable bonds is 11. The fourth-order valence-corrected chi connectivity index (χ4v) is 3.60. The number of aromatic nitrogens is 3. The summed E-state index contributed by atoms with van der Waals surface area (Å²) < 4.78 is 13.1. The molecule has 11 heteroatoms. The summed E-state index contributed by atoms with van der Waals surface area (Å²) in [5, 5.41) is 11.5. The van der Waals surface area contributed by atoms with Crippen LogP contribution < -0.4 is 11.1 Å². The summed E-state index contributed by atoms with van der Waals surface area (Å²) in [6.07, 6.45) is -0.641. The molecule has 3 aromatic rings. The third-order valence-corrected chi connectivity index (χ3v) is 5.65. The van der Waals surface area contributed by atoms with Crippen molar-refractivity contribution < 1.29 is 23.9 Å². The van der Waals surface area contributed by atoms with Gasteiger partial charge in [0, 0.05) is 7.05 Å². The van der Waals surface area contributed by atoms with E-state index >= 15 is 0 Å². The highest BCUT2D eigenvalue weighted by Crippen LogP contribution is 2.19. The number of likely N-dealkylation sites (N-methyl/N-ethyl adjacent to an activating group) is 1. The summed E-state index contributed by atoms with van der Waals surface area (Å²) >= 11 is 0. The maximum Gasteiger partial charge on any atom is 0.410 e. The molecule has 1 atom stereocenters. The molecule has 0 aliphatic heterocycles. The molecular weight excluding hydrogens is 476 g/mol. The molecule has 0 fully saturated rings. The van der Waals surface area contributed by atoms with E-state index in [0.717, 1.165) is 11.1 Å². The average molecular weight is 511 g/mol. The van der Waals surface area contributed by atoms with Crippen molar-refractivity contribution in [3.8, 4) is 0 Å². The molecule has 37 heavy (non-hydrogen) atoms. The minimum absolute atomic E-state index is 0.0535. The zero-order valence-electron chi connectivity index (χ0n) is 21.9. The van der Waals surface area contributed by atoms with Gasteiger partial charge in [-0.15, -0.1) is 10.2 Å². The van der Waals surface area contributed by atoms with Crippen LogP contribution in [0.2, 0.25) is 0 Å². The second-order valence-electron chi connectivity index (χ2n) is 9.57. The normalized spacial score (nSPS) is 12.3. The summed E-state index contributed by atoms with van der Waals surface area (Å²) in [5.41, 5.74) is 8.10. The number of hydrogen-bond donors (Lipinski definition) is 2. The maximum absolute atomic E-state index is 12.8. The fourth-order valence-electron chi connectivity index (χ4n) is 3.60. The Labute approximate surface area is 215 Å². The highest BCUT2D eigenvalue weighted by atomic mass is 16.6. The number of carbonyl (C=O) groups excluding carboxylic acids is 3. The number of hydrogen-bond acceptors (Lipinski definition) is 8. The lowest BCUT2D eigenvalue weighted by Crippen LogP contribution is -2.51. The van der Waals surface area contributed by atoms with Crippen molar-refractivity contribution in [1.82, 2.24) is 24.8 Å². The van der Waals surface area contributed by atoms with Crippen molar-refractivity contribution in [2.45, 2.75) is 52.5 Å². The lowest BCUT2D eigenvalue weighted by atomic mass is 10.1. The van der Waals surface area contributed by atoms with Crippen LogP contribution in [0.4, 0.5) is 4.79 Å². The number of nitrogens with two attached hydrogens (primary N) is 1. The number of nitrogens with zero attached hydrogens (tertiary/aromatic N) is 4. The molecule has 0 radical (unpaired) electrons. The smallest absolute Gasteiger partial charge is 0.410 e. The summed E-state index contributed by atoms with van der Waals surface area (Å²) in [6, 6.07) is 12.5. The van der Waals surface area contributed by atoms with Gasteiger partial charge in [-0.05, 0) is 51.0 Å². The number of aryl methyl sites for hydroxylation is 1. The molecule has 0 unspecified atom stereocenters. The van der Waals surface area contributed by atoms with Crippen LogP contribution in [0.15, 0.2) is 42.5 Å². The number of ether oxygens (including phenoxy) is 2. The minimum atomic E-state index is -1.13. The quantitative estimate of drug-likeness (QED) is 0.400. The van der Waals surface area contributed by atoms with Gasteiger partial charge in [0.15, 0.2) is 11.5 Å². The van der Waals surface area contributed by atoms with E-state index in [-0.39, 0.29) is 31.4 Å². The first-order valence-electron chi connectivity index (χ1n) is 11.9. The number of ketones is 1. The molecule has 2 aromatic heterocycles. The monoisotopic (exact) mass is 510 g/mol. The van der Waals surface area contributed by atoms with Gasteiger partial charge in [-0.1, -0.05) is 30.3 Å². The van der Waals surface area contributed by atoms with E-state index in [2.05, 4.69) is 15.5 Å². The molecule has 0 bridgehead atoms. The third-order valence-electron chi connectivity index (χ3n) is 5.65. The lowest BCUT2D eigenvalue weighted by molar-refractivity contribution is -0.126. The van der Waals surface area contributed by atoms with Gasteiger partial charge in [-0.2, -0.15) is 0 Å². The van der Waals surface area contributed by atoms with Gasteiger partial charge in [-0.3, -0.25) is 14.0 Å². The Morgan fingerprint density at radius 2 is 1.84 bits per heavy atom. The van der Waals surface area contributed by atoms with Crippen molar-refractivity contribution in [1.29, 1.82) is 0 Å². The largest absolute Gasteiger partial charge is 0.443 e. The van der Waals surface area contributed by atoms with Gasteiger partial charge < -0.3 is 25.4 Å². The van der Waals surface area contributed by atoms with E-state index in [1.54, 1.807) is 36.4 Å². The average Bonchev–Trinajstić information content (AvgIpc) is 3.26. The Morgan fingerprint density at radius 1 is 1.11 bits per heavy atom. The SMILES string of the molecule is CC(=O)CN(C)C(=O)OCc1cccc2nnc([C@@H](COCc3ccccc3C)NC(=O)C(C)(C)N)n12. The molecule has 3 N–H and O–H groups in total. The number of carbonyl (C=O) groups is 3. The van der Waals surface area contributed by atoms with E-state index in [9.17, 15) is 14.4 Å². The number of pyridine rings is 1. The molecule has 0 saturated carbocycles. The summed E-state index contributed by atoms with van der Waals surface area (Å²) in [7, 11) is 1.49. The van der Waals surface area contributed by atoms with Crippen LogP contribution >= 0.6 is 0 Å². The first-order chi connectivity index (χ1) is 17.5. The van der Waals surface area contributed by atoms with E-state index in [0.29, 0.717) is 23.8 Å². The van der Waals surface area contributed by atoms with Gasteiger partial charge >= 0.3 is 6.09 Å². The number of benzene rings is 1. The van der Waals surface area contributed by atoms with Crippen molar-refractivity contribution >= 4 is 23.4 Å². The molecule has 198 valence electrons. The van der Waals surface area contributed by atoms with Crippen molar-refractivity contribution in [3.63, 3.8) is 0 Å². The standard InChI is InChI=1S/C26H34N6O5/c1-17-9-6-7-10-19(17)14-36-16-21(28-24(34)26(3,4)27)23-30-29-22-12-8-11-20(32(22)23)15-37-25(35)31(5)13-18(2)33/h6-12,21H,13-16,27H2,1-5H3,(H,28,34)/t21-/m1/s1. The van der Waals surface area contributed by atoms with Crippen LogP contribution in [-0.4, -0.2) is 63.0 Å². The lowest BCUT2D eigenvalue weighted by Gasteiger charge is -2.24. The summed E-state index contributed by atoms with van der Waals surface area (Å²) in [5.74, 6) is -0.139. The van der Waals surface area contributed by atoms with Crippen molar-refractivity contribution in [3.05, 3.63) is 65.1 Å². The highest BCUT2D eigenvalue weighted by Gasteiger charge is 2.28. The van der Waals surface area contributed by atoms with Gasteiger partial charge in [0.25, 0.3) is 0 Å². The van der Waals surface area contributed by atoms with Crippen molar-refractivity contribution in [2.24, 2.45) is 5.73 Å². The molecule has 3 rings (SSSR count). The fraction of sp³-hybridized carbons (Fsp3) is 0.423. The predicted molar refractivity (Wildman–Crippen MR) is 136 cm³/mol. The van der Waals surface area contributed by atoms with Crippen molar-refractivity contribution in [2.75, 3.05) is 20.2 Å². The minimum Gasteiger partial charge on any atom is -0.443 e. The Balaban J connectivity index is 1.86. The Kier molecular flexibility index (Phi) is 8.95. The maximum atomic E-state index is 12.8. The van der Waals surface area contributed by atoms with Gasteiger partial charge in [0.2, 0.25) is 5.91 Å². The molecule has 0 saturated heterocycles. The first kappa shape index (κ1) is 27.8. The van der Waals surface area contributed by atoms with E-state index in [1.165, 1.54) is 18.9 Å². The topological polar surface area (TPSA) is 141 Å². The van der Waals surface area contributed by atoms with Crippen LogP contribution in [0.3, 0.4) is 0 Å². The zero-order chi connectivity index (χ0) is 27.2. The number of amides is 2. The number of fused-ring (bicyclic) bond motifs is 1. The molecule has 0 aliphatic carbocycles. The van der Waals surface area contributed by atoms with E-state index < -0.39 is 17.7 Å². The Morgan fingerprint density at radius 3 is 2.51 bits per heavy atom.